The first-order valence-corrected chi connectivity index (χ1v) is 14.7. The van der Waals surface area contributed by atoms with Gasteiger partial charge in [0.1, 0.15) is 29.2 Å². The number of hydrogen-bond acceptors (Lipinski definition) is 8. The van der Waals surface area contributed by atoms with Crippen LogP contribution in [0, 0.1) is 0 Å². The van der Waals surface area contributed by atoms with Crippen LogP contribution in [0.4, 0.5) is 0 Å². The molecule has 222 valence electrons. The molecule has 0 spiro atoms. The minimum absolute atomic E-state index is 0.0295. The van der Waals surface area contributed by atoms with Crippen molar-refractivity contribution in [2.24, 2.45) is 0 Å². The van der Waals surface area contributed by atoms with Crippen LogP contribution in [0.15, 0.2) is 70.3 Å². The van der Waals surface area contributed by atoms with Gasteiger partial charge in [-0.15, -0.1) is 11.3 Å². The molecule has 43 heavy (non-hydrogen) atoms. The molecule has 5 rings (SSSR count). The monoisotopic (exact) mass is 600 g/mol. The van der Waals surface area contributed by atoms with Crippen molar-refractivity contribution in [3.05, 3.63) is 104 Å². The van der Waals surface area contributed by atoms with E-state index in [9.17, 15) is 24.3 Å². The third kappa shape index (κ3) is 6.21. The van der Waals surface area contributed by atoms with Crippen LogP contribution in [0.2, 0.25) is 0 Å². The third-order valence-corrected chi connectivity index (χ3v) is 7.71. The number of esters is 1. The number of nitrogens with zero attached hydrogens (tertiary/aromatic N) is 3. The normalized spacial score (nSPS) is 14.3. The molecule has 2 amide bonds. The SMILES string of the molecule is CC1c2c(c(O)c(C(=O)NCC(=O)OC(C)(C)C)c(=O)n2Cc2ccc(-c3ccccc3)cc2)CN1C(=O)c1cscn1. The van der Waals surface area contributed by atoms with Crippen LogP contribution in [-0.2, 0) is 22.6 Å². The van der Waals surface area contributed by atoms with Crippen molar-refractivity contribution < 1.29 is 24.2 Å². The molecule has 0 aliphatic carbocycles. The lowest BCUT2D eigenvalue weighted by atomic mass is 10.0. The van der Waals surface area contributed by atoms with Crippen LogP contribution in [0.25, 0.3) is 11.1 Å². The Kier molecular flexibility index (Phi) is 8.19. The molecule has 2 aromatic carbocycles. The first kappa shape index (κ1) is 29.7. The summed E-state index contributed by atoms with van der Waals surface area (Å²) in [5.41, 5.74) is 3.37. The number of hydrogen-bond donors (Lipinski definition) is 2. The Labute approximate surface area is 252 Å². The van der Waals surface area contributed by atoms with E-state index in [0.717, 1.165) is 16.7 Å². The molecule has 1 aliphatic heterocycles. The second-order valence-electron chi connectivity index (χ2n) is 11.3. The summed E-state index contributed by atoms with van der Waals surface area (Å²) in [5, 5.41) is 15.3. The highest BCUT2D eigenvalue weighted by Crippen LogP contribution is 2.39. The molecule has 0 saturated heterocycles. The Balaban J connectivity index is 1.52. The van der Waals surface area contributed by atoms with E-state index in [1.807, 2.05) is 54.6 Å². The standard InChI is InChI=1S/C32H32N4O6S/c1-19-27-23(16-35(19)30(40)24-17-43-18-34-24)28(38)26(29(39)33-14-25(37)42-32(2,3)4)31(41)36(27)15-20-10-12-22(13-11-20)21-8-6-5-7-9-21/h5-13,17-19,38H,14-16H2,1-4H3,(H,33,39). The third-order valence-electron chi connectivity index (χ3n) is 7.13. The predicted octanol–water partition coefficient (Wildman–Crippen LogP) is 4.51. The average molecular weight is 601 g/mol. The number of aromatic nitrogens is 2. The number of amides is 2. The summed E-state index contributed by atoms with van der Waals surface area (Å²) in [6.45, 7) is 6.44. The number of thiazole rings is 1. The Hall–Kier alpha value is -4.77. The first-order chi connectivity index (χ1) is 20.4. The van der Waals surface area contributed by atoms with Gasteiger partial charge in [-0.3, -0.25) is 19.2 Å². The number of pyridine rings is 1. The zero-order valence-electron chi connectivity index (χ0n) is 24.3. The highest BCUT2D eigenvalue weighted by molar-refractivity contribution is 7.07. The molecule has 10 nitrogen and oxygen atoms in total. The van der Waals surface area contributed by atoms with Crippen LogP contribution < -0.4 is 10.9 Å². The summed E-state index contributed by atoms with van der Waals surface area (Å²) in [7, 11) is 0. The van der Waals surface area contributed by atoms with E-state index >= 15 is 0 Å². The number of fused-ring (bicyclic) bond motifs is 1. The van der Waals surface area contributed by atoms with Crippen LogP contribution in [0.1, 0.15) is 71.4 Å². The molecule has 0 fully saturated rings. The van der Waals surface area contributed by atoms with Gasteiger partial charge >= 0.3 is 5.97 Å². The second-order valence-corrected chi connectivity index (χ2v) is 12.0. The molecule has 2 aromatic heterocycles. The van der Waals surface area contributed by atoms with Crippen molar-refractivity contribution in [1.29, 1.82) is 0 Å². The lowest BCUT2D eigenvalue weighted by Gasteiger charge is -2.23. The van der Waals surface area contributed by atoms with E-state index in [4.69, 9.17) is 4.74 Å². The van der Waals surface area contributed by atoms with Crippen molar-refractivity contribution in [1.82, 2.24) is 19.8 Å². The van der Waals surface area contributed by atoms with Gasteiger partial charge in [-0.2, -0.15) is 0 Å². The Morgan fingerprint density at radius 2 is 1.74 bits per heavy atom. The van der Waals surface area contributed by atoms with E-state index in [2.05, 4.69) is 10.3 Å². The number of benzene rings is 2. The van der Waals surface area contributed by atoms with Gasteiger partial charge < -0.3 is 24.6 Å². The van der Waals surface area contributed by atoms with Crippen LogP contribution in [-0.4, -0.2) is 49.5 Å². The van der Waals surface area contributed by atoms with Gasteiger partial charge in [-0.1, -0.05) is 54.6 Å². The van der Waals surface area contributed by atoms with Gasteiger partial charge in [0.15, 0.2) is 0 Å². The maximum atomic E-state index is 13.9. The highest BCUT2D eigenvalue weighted by Gasteiger charge is 2.39. The molecule has 0 radical (unpaired) electrons. The van der Waals surface area contributed by atoms with Gasteiger partial charge in [-0.25, -0.2) is 4.98 Å². The van der Waals surface area contributed by atoms with Gasteiger partial charge in [0, 0.05) is 10.9 Å². The maximum absolute atomic E-state index is 13.9. The van der Waals surface area contributed by atoms with Gasteiger partial charge in [0.2, 0.25) is 0 Å². The number of ether oxygens (including phenoxy) is 1. The molecule has 3 heterocycles. The van der Waals surface area contributed by atoms with E-state index in [0.29, 0.717) is 11.3 Å². The highest BCUT2D eigenvalue weighted by atomic mass is 32.1. The summed E-state index contributed by atoms with van der Waals surface area (Å²) in [4.78, 5) is 58.4. The van der Waals surface area contributed by atoms with Crippen LogP contribution >= 0.6 is 11.3 Å². The lowest BCUT2D eigenvalue weighted by molar-refractivity contribution is -0.153. The smallest absolute Gasteiger partial charge is 0.325 e. The van der Waals surface area contributed by atoms with Crippen molar-refractivity contribution in [3.63, 3.8) is 0 Å². The minimum atomic E-state index is -0.915. The lowest BCUT2D eigenvalue weighted by Crippen LogP contribution is -2.39. The number of aromatic hydroxyl groups is 1. The Morgan fingerprint density at radius 3 is 2.37 bits per heavy atom. The number of carbonyl (C=O) groups excluding carboxylic acids is 3. The summed E-state index contributed by atoms with van der Waals surface area (Å²) >= 11 is 1.29. The molecule has 2 N–H and O–H groups in total. The molecule has 11 heteroatoms. The molecule has 1 unspecified atom stereocenters. The summed E-state index contributed by atoms with van der Waals surface area (Å²) in [6, 6.07) is 17.0. The Morgan fingerprint density at radius 1 is 1.07 bits per heavy atom. The van der Waals surface area contributed by atoms with Gasteiger partial charge in [0.25, 0.3) is 17.4 Å². The fraction of sp³-hybridized carbons (Fsp3) is 0.281. The van der Waals surface area contributed by atoms with E-state index in [-0.39, 0.29) is 24.7 Å². The number of carbonyl (C=O) groups is 3. The maximum Gasteiger partial charge on any atom is 0.325 e. The zero-order valence-corrected chi connectivity index (χ0v) is 25.1. The molecular formula is C32H32N4O6S. The fourth-order valence-corrected chi connectivity index (χ4v) is 5.70. The van der Waals surface area contributed by atoms with E-state index < -0.39 is 46.9 Å². The van der Waals surface area contributed by atoms with E-state index in [1.54, 1.807) is 38.6 Å². The van der Waals surface area contributed by atoms with Crippen molar-refractivity contribution in [3.8, 4) is 16.9 Å². The molecule has 1 aliphatic rings. The van der Waals surface area contributed by atoms with Crippen molar-refractivity contribution in [2.75, 3.05) is 6.54 Å². The summed E-state index contributed by atoms with van der Waals surface area (Å²) in [6.07, 6.45) is 0. The molecule has 0 saturated carbocycles. The number of rotatable bonds is 7. The van der Waals surface area contributed by atoms with Crippen molar-refractivity contribution in [2.45, 2.75) is 52.4 Å². The van der Waals surface area contributed by atoms with Crippen LogP contribution in [0.3, 0.4) is 0 Å². The second kappa shape index (κ2) is 11.8. The molecular weight excluding hydrogens is 568 g/mol. The minimum Gasteiger partial charge on any atom is -0.506 e. The number of nitrogens with one attached hydrogen (secondary N) is 1. The summed E-state index contributed by atoms with van der Waals surface area (Å²) < 4.78 is 6.67. The molecule has 4 aromatic rings. The topological polar surface area (TPSA) is 131 Å². The predicted molar refractivity (Wildman–Crippen MR) is 162 cm³/mol. The Bertz CT molecular complexity index is 1720. The van der Waals surface area contributed by atoms with Gasteiger partial charge in [-0.05, 0) is 44.4 Å². The van der Waals surface area contributed by atoms with Crippen LogP contribution in [0.5, 0.6) is 5.75 Å². The van der Waals surface area contributed by atoms with Gasteiger partial charge in [0.05, 0.1) is 30.3 Å². The average Bonchev–Trinajstić information content (AvgIpc) is 3.63. The fourth-order valence-electron chi connectivity index (χ4n) is 5.18. The quantitative estimate of drug-likeness (QED) is 0.299. The zero-order chi connectivity index (χ0) is 30.9. The summed E-state index contributed by atoms with van der Waals surface area (Å²) in [5.74, 6) is -2.47. The molecule has 1 atom stereocenters. The first-order valence-electron chi connectivity index (χ1n) is 13.8. The molecule has 0 bridgehead atoms. The largest absolute Gasteiger partial charge is 0.506 e. The van der Waals surface area contributed by atoms with E-state index in [1.165, 1.54) is 20.8 Å². The van der Waals surface area contributed by atoms with Crippen molar-refractivity contribution >= 4 is 29.1 Å².